The van der Waals surface area contributed by atoms with E-state index in [2.05, 4.69) is 64.3 Å². The second kappa shape index (κ2) is 6.71. The lowest BCUT2D eigenvalue weighted by molar-refractivity contribution is 0.255. The van der Waals surface area contributed by atoms with Gasteiger partial charge in [-0.15, -0.1) is 0 Å². The Morgan fingerprint density at radius 1 is 1.33 bits per heavy atom. The largest absolute Gasteiger partial charge is 0.339 e. The summed E-state index contributed by atoms with van der Waals surface area (Å²) in [5, 5.41) is 7.40. The number of hydrogen-bond acceptors (Lipinski definition) is 4. The van der Waals surface area contributed by atoms with Crippen LogP contribution in [0.1, 0.15) is 38.0 Å². The fourth-order valence-corrected chi connectivity index (χ4v) is 2.74. The van der Waals surface area contributed by atoms with Gasteiger partial charge in [-0.05, 0) is 30.2 Å². The molecule has 1 atom stereocenters. The Morgan fingerprint density at radius 2 is 2.10 bits per heavy atom. The molecule has 1 N–H and O–H groups in total. The van der Waals surface area contributed by atoms with E-state index in [-0.39, 0.29) is 5.41 Å². The maximum atomic E-state index is 5.38. The average Bonchev–Trinajstić information content (AvgIpc) is 2.82. The Labute approximate surface area is 134 Å². The molecule has 0 saturated heterocycles. The van der Waals surface area contributed by atoms with Gasteiger partial charge < -0.3 is 9.84 Å². The van der Waals surface area contributed by atoms with Crippen molar-refractivity contribution in [2.24, 2.45) is 5.41 Å². The minimum Gasteiger partial charge on any atom is -0.339 e. The van der Waals surface area contributed by atoms with Crippen molar-refractivity contribution in [3.05, 3.63) is 46.0 Å². The lowest BCUT2D eigenvalue weighted by Crippen LogP contribution is -2.39. The third kappa shape index (κ3) is 4.64. The molecule has 0 fully saturated rings. The summed E-state index contributed by atoms with van der Waals surface area (Å²) in [6.07, 6.45) is 1.42. The van der Waals surface area contributed by atoms with Crippen LogP contribution in [-0.2, 0) is 12.8 Å². The number of halogens is 1. The minimum atomic E-state index is 0.147. The molecule has 21 heavy (non-hydrogen) atoms. The fraction of sp³-hybridized carbons (Fsp3) is 0.500. The first-order valence-corrected chi connectivity index (χ1v) is 7.91. The molecule has 5 heteroatoms. The molecule has 2 rings (SSSR count). The summed E-state index contributed by atoms with van der Waals surface area (Å²) in [6, 6.07) is 8.45. The maximum Gasteiger partial charge on any atom is 0.228 e. The molecule has 0 amide bonds. The molecule has 2 aromatic rings. The van der Waals surface area contributed by atoms with Crippen LogP contribution in [0.5, 0.6) is 0 Å². The molecule has 0 radical (unpaired) electrons. The highest BCUT2D eigenvalue weighted by Crippen LogP contribution is 2.22. The number of benzene rings is 1. The monoisotopic (exact) mass is 351 g/mol. The van der Waals surface area contributed by atoms with Crippen LogP contribution >= 0.6 is 15.9 Å². The number of rotatable bonds is 5. The topological polar surface area (TPSA) is 51.0 Å². The van der Waals surface area contributed by atoms with Crippen LogP contribution in [0.4, 0.5) is 0 Å². The lowest BCUT2D eigenvalue weighted by Gasteiger charge is -2.29. The summed E-state index contributed by atoms with van der Waals surface area (Å²) in [4.78, 5) is 4.50. The molecule has 1 unspecified atom stereocenters. The number of hydrogen-bond donors (Lipinski definition) is 1. The third-order valence-corrected chi connectivity index (χ3v) is 4.03. The number of aromatic nitrogens is 2. The molecular weight excluding hydrogens is 330 g/mol. The molecule has 1 heterocycles. The molecule has 0 aliphatic heterocycles. The van der Waals surface area contributed by atoms with Crippen LogP contribution in [0, 0.1) is 5.41 Å². The second-order valence-corrected chi connectivity index (χ2v) is 7.24. The molecule has 0 saturated carbocycles. The SMILES string of the molecule is CNC(Cc1nc(Cc2cccc(Br)c2)no1)C(C)(C)C. The van der Waals surface area contributed by atoms with E-state index in [4.69, 9.17) is 4.52 Å². The number of nitrogens with zero attached hydrogens (tertiary/aromatic N) is 2. The third-order valence-electron chi connectivity index (χ3n) is 3.53. The Kier molecular flexibility index (Phi) is 5.17. The fourth-order valence-electron chi connectivity index (χ4n) is 2.29. The summed E-state index contributed by atoms with van der Waals surface area (Å²) in [7, 11) is 1.97. The smallest absolute Gasteiger partial charge is 0.228 e. The summed E-state index contributed by atoms with van der Waals surface area (Å²) < 4.78 is 6.44. The molecule has 1 aromatic carbocycles. The van der Waals surface area contributed by atoms with E-state index in [0.29, 0.717) is 18.4 Å². The predicted octanol–water partition coefficient (Wildman–Crippen LogP) is 3.60. The molecule has 114 valence electrons. The Bertz CT molecular complexity index is 589. The van der Waals surface area contributed by atoms with E-state index in [1.807, 2.05) is 19.2 Å². The van der Waals surface area contributed by atoms with Crippen molar-refractivity contribution in [3.8, 4) is 0 Å². The quantitative estimate of drug-likeness (QED) is 0.893. The van der Waals surface area contributed by atoms with Gasteiger partial charge in [-0.1, -0.05) is 54.0 Å². The highest BCUT2D eigenvalue weighted by Gasteiger charge is 2.25. The second-order valence-electron chi connectivity index (χ2n) is 6.32. The highest BCUT2D eigenvalue weighted by molar-refractivity contribution is 9.10. The van der Waals surface area contributed by atoms with Gasteiger partial charge in [-0.3, -0.25) is 0 Å². The molecular formula is C16H22BrN3O. The Morgan fingerprint density at radius 3 is 2.71 bits per heavy atom. The van der Waals surface area contributed by atoms with E-state index in [0.717, 1.165) is 22.3 Å². The first-order valence-electron chi connectivity index (χ1n) is 7.11. The molecule has 0 aliphatic carbocycles. The van der Waals surface area contributed by atoms with E-state index in [1.54, 1.807) is 0 Å². The standard InChI is InChI=1S/C16H22BrN3O/c1-16(2,3)13(18-4)10-15-19-14(20-21-15)9-11-6-5-7-12(17)8-11/h5-8,13,18H,9-10H2,1-4H3. The molecule has 4 nitrogen and oxygen atoms in total. The van der Waals surface area contributed by atoms with Gasteiger partial charge in [0.2, 0.25) is 5.89 Å². The summed E-state index contributed by atoms with van der Waals surface area (Å²) in [6.45, 7) is 6.60. The van der Waals surface area contributed by atoms with Gasteiger partial charge in [0.05, 0.1) is 0 Å². The van der Waals surface area contributed by atoms with Crippen LogP contribution < -0.4 is 5.32 Å². The van der Waals surface area contributed by atoms with Crippen molar-refractivity contribution in [1.82, 2.24) is 15.5 Å². The zero-order valence-corrected chi connectivity index (χ0v) is 14.6. The normalized spacial score (nSPS) is 13.4. The molecule has 0 aliphatic rings. The Balaban J connectivity index is 2.04. The van der Waals surface area contributed by atoms with Crippen molar-refractivity contribution in [3.63, 3.8) is 0 Å². The van der Waals surface area contributed by atoms with Gasteiger partial charge in [0.15, 0.2) is 5.82 Å². The van der Waals surface area contributed by atoms with Gasteiger partial charge in [0.25, 0.3) is 0 Å². The van der Waals surface area contributed by atoms with Crippen molar-refractivity contribution in [2.45, 2.75) is 39.7 Å². The number of nitrogens with one attached hydrogen (secondary N) is 1. The van der Waals surface area contributed by atoms with Crippen molar-refractivity contribution in [1.29, 1.82) is 0 Å². The molecule has 0 spiro atoms. The zero-order chi connectivity index (χ0) is 15.5. The van der Waals surface area contributed by atoms with Crippen molar-refractivity contribution < 1.29 is 4.52 Å². The van der Waals surface area contributed by atoms with Gasteiger partial charge >= 0.3 is 0 Å². The Hall–Kier alpha value is -1.20. The van der Waals surface area contributed by atoms with E-state index in [9.17, 15) is 0 Å². The summed E-state index contributed by atoms with van der Waals surface area (Å²) in [5.74, 6) is 1.42. The minimum absolute atomic E-state index is 0.147. The highest BCUT2D eigenvalue weighted by atomic mass is 79.9. The molecule has 0 bridgehead atoms. The first-order chi connectivity index (χ1) is 9.88. The van der Waals surface area contributed by atoms with Gasteiger partial charge in [0, 0.05) is 23.4 Å². The van der Waals surface area contributed by atoms with Crippen LogP contribution in [-0.4, -0.2) is 23.2 Å². The van der Waals surface area contributed by atoms with Crippen molar-refractivity contribution >= 4 is 15.9 Å². The zero-order valence-electron chi connectivity index (χ0n) is 13.0. The van der Waals surface area contributed by atoms with Crippen LogP contribution in [0.3, 0.4) is 0 Å². The summed E-state index contributed by atoms with van der Waals surface area (Å²) in [5.41, 5.74) is 1.31. The van der Waals surface area contributed by atoms with Gasteiger partial charge in [-0.2, -0.15) is 4.98 Å². The number of likely N-dealkylation sites (N-methyl/N-ethyl adjacent to an activating group) is 1. The first kappa shape index (κ1) is 16.2. The van der Waals surface area contributed by atoms with E-state index >= 15 is 0 Å². The van der Waals surface area contributed by atoms with E-state index < -0.39 is 0 Å². The average molecular weight is 352 g/mol. The summed E-state index contributed by atoms with van der Waals surface area (Å²) >= 11 is 3.47. The molecule has 1 aromatic heterocycles. The van der Waals surface area contributed by atoms with Crippen LogP contribution in [0.2, 0.25) is 0 Å². The van der Waals surface area contributed by atoms with Crippen LogP contribution in [0.15, 0.2) is 33.3 Å². The van der Waals surface area contributed by atoms with Crippen LogP contribution in [0.25, 0.3) is 0 Å². The van der Waals surface area contributed by atoms with Gasteiger partial charge in [0.1, 0.15) is 0 Å². The van der Waals surface area contributed by atoms with Gasteiger partial charge in [-0.25, -0.2) is 0 Å². The maximum absolute atomic E-state index is 5.38. The van der Waals surface area contributed by atoms with Crippen molar-refractivity contribution in [2.75, 3.05) is 7.05 Å². The predicted molar refractivity (Wildman–Crippen MR) is 87.3 cm³/mol. The van der Waals surface area contributed by atoms with E-state index in [1.165, 1.54) is 0 Å². The lowest BCUT2D eigenvalue weighted by atomic mass is 9.85.